The van der Waals surface area contributed by atoms with E-state index < -0.39 is 0 Å². The first-order chi connectivity index (χ1) is 15.5. The van der Waals surface area contributed by atoms with Crippen LogP contribution in [0.4, 0.5) is 10.5 Å². The number of ether oxygens (including phenoxy) is 2. The van der Waals surface area contributed by atoms with Crippen LogP contribution in [0.2, 0.25) is 5.02 Å². The summed E-state index contributed by atoms with van der Waals surface area (Å²) in [4.78, 5) is 29.3. The second kappa shape index (κ2) is 10.1. The van der Waals surface area contributed by atoms with Crippen molar-refractivity contribution in [1.82, 2.24) is 10.2 Å². The molecule has 0 aliphatic carbocycles. The van der Waals surface area contributed by atoms with E-state index >= 15 is 0 Å². The topological polar surface area (TPSA) is 71.1 Å². The van der Waals surface area contributed by atoms with Gasteiger partial charge in [-0.25, -0.2) is 4.79 Å². The number of carbonyl (C=O) groups excluding carboxylic acids is 2. The molecule has 0 aromatic heterocycles. The van der Waals surface area contributed by atoms with Gasteiger partial charge in [0.2, 0.25) is 5.91 Å². The fraction of sp³-hybridized carbons (Fsp3) is 0.417. The maximum absolute atomic E-state index is 13.1. The van der Waals surface area contributed by atoms with Crippen LogP contribution in [-0.2, 0) is 11.3 Å². The first kappa shape index (κ1) is 22.3. The molecule has 7 nitrogen and oxygen atoms in total. The molecule has 1 saturated heterocycles. The number of hydrogen-bond acceptors (Lipinski definition) is 4. The highest BCUT2D eigenvalue weighted by atomic mass is 35.5. The monoisotopic (exact) mass is 457 g/mol. The van der Waals surface area contributed by atoms with E-state index in [1.807, 2.05) is 36.1 Å². The maximum atomic E-state index is 13.1. The van der Waals surface area contributed by atoms with Gasteiger partial charge < -0.3 is 19.7 Å². The van der Waals surface area contributed by atoms with E-state index in [4.69, 9.17) is 21.1 Å². The summed E-state index contributed by atoms with van der Waals surface area (Å²) in [6.45, 7) is 5.08. The molecule has 170 valence electrons. The van der Waals surface area contributed by atoms with Gasteiger partial charge in [0, 0.05) is 30.6 Å². The predicted molar refractivity (Wildman–Crippen MR) is 123 cm³/mol. The fourth-order valence-electron chi connectivity index (χ4n) is 4.10. The zero-order chi connectivity index (χ0) is 22.5. The van der Waals surface area contributed by atoms with Crippen LogP contribution in [0.1, 0.15) is 25.3 Å². The Morgan fingerprint density at radius 3 is 2.59 bits per heavy atom. The van der Waals surface area contributed by atoms with Crippen LogP contribution in [0.25, 0.3) is 0 Å². The molecule has 1 N–H and O–H groups in total. The zero-order valence-electron chi connectivity index (χ0n) is 18.2. The van der Waals surface area contributed by atoms with Crippen molar-refractivity contribution >= 4 is 29.2 Å². The lowest BCUT2D eigenvalue weighted by molar-refractivity contribution is -0.126. The number of halogens is 1. The molecule has 0 radical (unpaired) electrons. The van der Waals surface area contributed by atoms with Crippen LogP contribution >= 0.6 is 11.6 Å². The van der Waals surface area contributed by atoms with Gasteiger partial charge in [-0.15, -0.1) is 0 Å². The number of amides is 3. The molecular formula is C24H28ClN3O4. The molecule has 0 bridgehead atoms. The molecule has 1 fully saturated rings. The smallest absolute Gasteiger partial charge is 0.324 e. The number of hydrogen-bond donors (Lipinski definition) is 1. The molecule has 0 unspecified atom stereocenters. The van der Waals surface area contributed by atoms with E-state index in [1.165, 1.54) is 0 Å². The highest BCUT2D eigenvalue weighted by Crippen LogP contribution is 2.35. The molecule has 4 rings (SSSR count). The summed E-state index contributed by atoms with van der Waals surface area (Å²) in [6, 6.07) is 13.0. The summed E-state index contributed by atoms with van der Waals surface area (Å²) in [5, 5.41) is 3.59. The largest absolute Gasteiger partial charge is 0.494 e. The highest BCUT2D eigenvalue weighted by molar-refractivity contribution is 6.31. The molecule has 3 amide bonds. The Balaban J connectivity index is 1.28. The Hall–Kier alpha value is -2.93. The predicted octanol–water partition coefficient (Wildman–Crippen LogP) is 4.09. The number of rotatable bonds is 5. The van der Waals surface area contributed by atoms with Gasteiger partial charge in [-0.1, -0.05) is 23.7 Å². The summed E-state index contributed by atoms with van der Waals surface area (Å²) < 4.78 is 11.1. The third-order valence-corrected chi connectivity index (χ3v) is 6.09. The van der Waals surface area contributed by atoms with Gasteiger partial charge >= 0.3 is 6.03 Å². The Bertz CT molecular complexity index is 958. The normalized spacial score (nSPS) is 16.2. The summed E-state index contributed by atoms with van der Waals surface area (Å²) in [5.41, 5.74) is 1.73. The number of anilines is 1. The van der Waals surface area contributed by atoms with Crippen molar-refractivity contribution in [2.75, 3.05) is 37.7 Å². The van der Waals surface area contributed by atoms with Crippen molar-refractivity contribution in [3.8, 4) is 11.5 Å². The van der Waals surface area contributed by atoms with E-state index in [1.54, 1.807) is 23.1 Å². The Morgan fingerprint density at radius 1 is 1.12 bits per heavy atom. The van der Waals surface area contributed by atoms with E-state index in [9.17, 15) is 9.59 Å². The first-order valence-electron chi connectivity index (χ1n) is 11.0. The third kappa shape index (κ3) is 5.10. The molecule has 0 saturated carbocycles. The Kier molecular flexibility index (Phi) is 7.05. The second-order valence-corrected chi connectivity index (χ2v) is 8.39. The van der Waals surface area contributed by atoms with Gasteiger partial charge in [-0.3, -0.25) is 9.69 Å². The number of carbonyl (C=O) groups is 2. The highest BCUT2D eigenvalue weighted by Gasteiger charge is 2.32. The van der Waals surface area contributed by atoms with Crippen LogP contribution in [0.3, 0.4) is 0 Å². The molecule has 8 heteroatoms. The number of urea groups is 1. The number of piperidine rings is 1. The zero-order valence-corrected chi connectivity index (χ0v) is 18.9. The van der Waals surface area contributed by atoms with Crippen molar-refractivity contribution in [3.05, 3.63) is 53.1 Å². The quantitative estimate of drug-likeness (QED) is 0.734. The van der Waals surface area contributed by atoms with E-state index in [2.05, 4.69) is 5.32 Å². The minimum atomic E-state index is -0.0897. The summed E-state index contributed by atoms with van der Waals surface area (Å²) in [5.74, 6) is 1.44. The number of likely N-dealkylation sites (tertiary alicyclic amines) is 1. The van der Waals surface area contributed by atoms with Crippen LogP contribution in [-0.4, -0.2) is 49.7 Å². The SMILES string of the molecule is CCOc1ccc(CNC(=O)C2CCN(C(=O)N3CCOc4ccc(Cl)cc43)CC2)cc1. The molecule has 2 aliphatic heterocycles. The van der Waals surface area contributed by atoms with Crippen molar-refractivity contribution in [2.45, 2.75) is 26.3 Å². The number of nitrogens with one attached hydrogen (secondary N) is 1. The summed E-state index contributed by atoms with van der Waals surface area (Å²) in [7, 11) is 0. The molecule has 0 spiro atoms. The van der Waals surface area contributed by atoms with Crippen molar-refractivity contribution in [2.24, 2.45) is 5.92 Å². The van der Waals surface area contributed by atoms with Gasteiger partial charge in [-0.2, -0.15) is 0 Å². The number of nitrogens with zero attached hydrogens (tertiary/aromatic N) is 2. The molecule has 2 aromatic carbocycles. The van der Waals surface area contributed by atoms with Crippen molar-refractivity contribution in [3.63, 3.8) is 0 Å². The molecular weight excluding hydrogens is 430 g/mol. The van der Waals surface area contributed by atoms with Gasteiger partial charge in [0.05, 0.1) is 18.8 Å². The third-order valence-electron chi connectivity index (χ3n) is 5.85. The van der Waals surface area contributed by atoms with Gasteiger partial charge in [0.15, 0.2) is 0 Å². The van der Waals surface area contributed by atoms with E-state index in [0.29, 0.717) is 68.7 Å². The van der Waals surface area contributed by atoms with Crippen molar-refractivity contribution in [1.29, 1.82) is 0 Å². The van der Waals surface area contributed by atoms with Crippen LogP contribution in [0.5, 0.6) is 11.5 Å². The van der Waals surface area contributed by atoms with E-state index in [0.717, 1.165) is 11.3 Å². The van der Waals surface area contributed by atoms with Crippen molar-refractivity contribution < 1.29 is 19.1 Å². The van der Waals surface area contributed by atoms with Gasteiger partial charge in [-0.05, 0) is 55.7 Å². The average molecular weight is 458 g/mol. The van der Waals surface area contributed by atoms with Crippen LogP contribution < -0.4 is 19.7 Å². The lowest BCUT2D eigenvalue weighted by atomic mass is 9.96. The standard InChI is InChI=1S/C24H28ClN3O4/c1-2-31-20-6-3-17(4-7-20)16-26-23(29)18-9-11-27(12-10-18)24(30)28-13-14-32-22-8-5-19(25)15-21(22)28/h3-8,15,18H,2,9-14,16H2,1H3,(H,26,29). The van der Waals surface area contributed by atoms with E-state index in [-0.39, 0.29) is 17.9 Å². The number of benzene rings is 2. The average Bonchev–Trinajstić information content (AvgIpc) is 2.83. The van der Waals surface area contributed by atoms with Gasteiger partial charge in [0.1, 0.15) is 18.1 Å². The lowest BCUT2D eigenvalue weighted by Gasteiger charge is -2.37. The Labute approximate surface area is 193 Å². The summed E-state index contributed by atoms with van der Waals surface area (Å²) >= 11 is 6.12. The molecule has 2 aromatic rings. The molecule has 2 heterocycles. The lowest BCUT2D eigenvalue weighted by Crippen LogP contribution is -2.50. The number of fused-ring (bicyclic) bond motifs is 1. The fourth-order valence-corrected chi connectivity index (χ4v) is 4.26. The maximum Gasteiger partial charge on any atom is 0.324 e. The minimum Gasteiger partial charge on any atom is -0.494 e. The van der Waals surface area contributed by atoms with Crippen LogP contribution in [0, 0.1) is 5.92 Å². The van der Waals surface area contributed by atoms with Gasteiger partial charge in [0.25, 0.3) is 0 Å². The molecule has 32 heavy (non-hydrogen) atoms. The first-order valence-corrected chi connectivity index (χ1v) is 11.4. The Morgan fingerprint density at radius 2 is 1.88 bits per heavy atom. The van der Waals surface area contributed by atoms with Crippen LogP contribution in [0.15, 0.2) is 42.5 Å². The second-order valence-electron chi connectivity index (χ2n) is 7.95. The molecule has 0 atom stereocenters. The molecule has 2 aliphatic rings. The summed E-state index contributed by atoms with van der Waals surface area (Å²) in [6.07, 6.45) is 1.29. The minimum absolute atomic E-state index is 0.0366.